The molecule has 0 aromatic heterocycles. The van der Waals surface area contributed by atoms with Crippen LogP contribution >= 0.6 is 0 Å². The van der Waals surface area contributed by atoms with Gasteiger partial charge in [-0.1, -0.05) is 34.6 Å². The largest absolute Gasteiger partial charge is 0.397 e. The third-order valence-electron chi connectivity index (χ3n) is 13.3. The van der Waals surface area contributed by atoms with Gasteiger partial charge in [0.2, 0.25) is 0 Å². The highest BCUT2D eigenvalue weighted by Crippen LogP contribution is 2.69. The lowest BCUT2D eigenvalue weighted by molar-refractivity contribution is -0.263. The smallest absolute Gasteiger partial charge is 0.393 e. The molecule has 268 valence electrons. The van der Waals surface area contributed by atoms with Crippen LogP contribution in [0.4, 0.5) is 0 Å². The van der Waals surface area contributed by atoms with Gasteiger partial charge < -0.3 is 39.7 Å². The first kappa shape index (κ1) is 36.8. The van der Waals surface area contributed by atoms with E-state index in [1.807, 2.05) is 13.8 Å². The van der Waals surface area contributed by atoms with Gasteiger partial charge >= 0.3 is 10.4 Å². The molecule has 46 heavy (non-hydrogen) atoms. The molecule has 0 radical (unpaired) electrons. The number of aliphatic hydroxyl groups is 5. The van der Waals surface area contributed by atoms with Gasteiger partial charge in [-0.25, -0.2) is 4.18 Å². The van der Waals surface area contributed by atoms with Gasteiger partial charge in [0.05, 0.1) is 36.6 Å². The summed E-state index contributed by atoms with van der Waals surface area (Å²) in [6.45, 7) is 10.1. The average molecular weight is 679 g/mol. The monoisotopic (exact) mass is 678 g/mol. The topological polar surface area (TPSA) is 192 Å². The highest BCUT2D eigenvalue weighted by Gasteiger charge is 2.70. The summed E-state index contributed by atoms with van der Waals surface area (Å²) in [5, 5.41) is 56.8. The molecule has 5 fully saturated rings. The van der Waals surface area contributed by atoms with Crippen LogP contribution in [0.5, 0.6) is 0 Å². The molecule has 4 aliphatic carbocycles. The van der Waals surface area contributed by atoms with Crippen molar-refractivity contribution in [3.63, 3.8) is 0 Å². The van der Waals surface area contributed by atoms with Crippen molar-refractivity contribution in [3.8, 4) is 0 Å². The molecule has 1 saturated heterocycles. The number of fused-ring (bicyclic) bond motifs is 5. The van der Waals surface area contributed by atoms with Crippen molar-refractivity contribution in [2.24, 2.45) is 46.3 Å². The zero-order valence-corrected chi connectivity index (χ0v) is 29.0. The summed E-state index contributed by atoms with van der Waals surface area (Å²) in [5.74, 6) is -0.0431. The summed E-state index contributed by atoms with van der Waals surface area (Å²) >= 11 is 0. The molecule has 1 aliphatic heterocycles. The minimum Gasteiger partial charge on any atom is -0.393 e. The summed E-state index contributed by atoms with van der Waals surface area (Å²) in [6.07, 6.45) is -0.342. The van der Waals surface area contributed by atoms with Crippen molar-refractivity contribution in [2.75, 3.05) is 13.7 Å². The van der Waals surface area contributed by atoms with Gasteiger partial charge in [-0.05, 0) is 91.8 Å². The molecule has 6 N–H and O–H groups in total. The average Bonchev–Trinajstić information content (AvgIpc) is 3.41. The Bertz CT molecular complexity index is 1170. The van der Waals surface area contributed by atoms with Crippen LogP contribution in [0.25, 0.3) is 0 Å². The van der Waals surface area contributed by atoms with Gasteiger partial charge in [-0.2, -0.15) is 8.42 Å². The van der Waals surface area contributed by atoms with Crippen LogP contribution in [-0.2, 0) is 28.8 Å². The van der Waals surface area contributed by atoms with E-state index in [1.54, 1.807) is 0 Å². The van der Waals surface area contributed by atoms with Gasteiger partial charge in [0.25, 0.3) is 0 Å². The number of rotatable bonds is 11. The minimum atomic E-state index is -4.70. The third-order valence-corrected chi connectivity index (χ3v) is 13.8. The summed E-state index contributed by atoms with van der Waals surface area (Å²) < 4.78 is 53.0. The number of methoxy groups -OCH3 is 1. The van der Waals surface area contributed by atoms with Crippen LogP contribution in [0.15, 0.2) is 0 Å². The predicted molar refractivity (Wildman–Crippen MR) is 167 cm³/mol. The number of ether oxygens (including phenoxy) is 3. The summed E-state index contributed by atoms with van der Waals surface area (Å²) in [4.78, 5) is 0. The lowest BCUT2D eigenvalue weighted by Gasteiger charge is -2.66. The van der Waals surface area contributed by atoms with Gasteiger partial charge in [-0.15, -0.1) is 0 Å². The van der Waals surface area contributed by atoms with Crippen LogP contribution in [0.2, 0.25) is 0 Å². The molecule has 0 aromatic carbocycles. The van der Waals surface area contributed by atoms with Gasteiger partial charge in [-0.3, -0.25) is 4.55 Å². The molecule has 5 rings (SSSR count). The SMILES string of the molecule is CO[C@@H]1[C@@H](O)[C@H](O[C@H](CC[C@@H](C)[C@H]2C[C@H](O)[C@@H]3[C@]2(C)CCC2[C@@]4(C)CC[C@H](O)C[C@@H]4[C@@H](O)C[C@]23O)C(C)C)O[C@H]1COS(=O)(=O)O. The minimum absolute atomic E-state index is 0.0399. The standard InChI is InChI=1S/C33H58O12S/c1-17(2)24(44-30-27(37)28(42-6)25(45-30)16-43-46(39,40)41)8-7-18(3)20-14-22(35)29-32(20,5)12-10-26-31(4)11-9-19(34)13-21(31)23(36)15-33(26,29)38/h17-30,34-38H,7-16H2,1-6H3,(H,39,40,41)/t18-,19+,20-,21-,22+,23+,24-,25+,26?,27-,28+,29-,30-,31+,32-,33+/m1/s1. The van der Waals surface area contributed by atoms with Crippen molar-refractivity contribution < 1.29 is 56.9 Å². The van der Waals surface area contributed by atoms with Gasteiger partial charge in [0, 0.05) is 19.4 Å². The van der Waals surface area contributed by atoms with Gasteiger partial charge in [0.1, 0.15) is 18.3 Å². The van der Waals surface area contributed by atoms with E-state index in [9.17, 15) is 34.0 Å². The lowest BCUT2D eigenvalue weighted by Crippen LogP contribution is -2.68. The molecule has 0 aromatic rings. The Balaban J connectivity index is 1.26. The maximum absolute atomic E-state index is 12.6. The molecule has 13 heteroatoms. The number of aliphatic hydroxyl groups excluding tert-OH is 4. The first-order chi connectivity index (χ1) is 21.4. The second-order valence-corrected chi connectivity index (χ2v) is 17.3. The van der Waals surface area contributed by atoms with Crippen molar-refractivity contribution in [1.82, 2.24) is 0 Å². The molecule has 4 saturated carbocycles. The molecule has 12 nitrogen and oxygen atoms in total. The zero-order chi connectivity index (χ0) is 34.0. The highest BCUT2D eigenvalue weighted by molar-refractivity contribution is 7.80. The van der Waals surface area contributed by atoms with E-state index >= 15 is 0 Å². The molecule has 1 heterocycles. The van der Waals surface area contributed by atoms with E-state index in [0.29, 0.717) is 25.7 Å². The first-order valence-electron chi connectivity index (χ1n) is 17.3. The predicted octanol–water partition coefficient (Wildman–Crippen LogP) is 2.44. The molecule has 5 aliphatic rings. The molecular weight excluding hydrogens is 620 g/mol. The number of hydrogen-bond donors (Lipinski definition) is 6. The van der Waals surface area contributed by atoms with E-state index in [4.69, 9.17) is 18.8 Å². The zero-order valence-electron chi connectivity index (χ0n) is 28.2. The van der Waals surface area contributed by atoms with Crippen LogP contribution in [-0.4, -0.2) is 107 Å². The highest BCUT2D eigenvalue weighted by atomic mass is 32.3. The second-order valence-electron chi connectivity index (χ2n) is 16.2. The van der Waals surface area contributed by atoms with Crippen LogP contribution in [0, 0.1) is 46.3 Å². The van der Waals surface area contributed by atoms with Gasteiger partial charge in [0.15, 0.2) is 6.29 Å². The molecular formula is C33H58O12S. The normalized spacial score (nSPS) is 48.9. The third kappa shape index (κ3) is 6.57. The Morgan fingerprint density at radius 1 is 0.957 bits per heavy atom. The van der Waals surface area contributed by atoms with E-state index in [2.05, 4.69) is 25.0 Å². The summed E-state index contributed by atoms with van der Waals surface area (Å²) in [5.41, 5.74) is -1.78. The maximum Gasteiger partial charge on any atom is 0.397 e. The first-order valence-corrected chi connectivity index (χ1v) is 18.6. The van der Waals surface area contributed by atoms with Crippen molar-refractivity contribution in [2.45, 2.75) is 147 Å². The fourth-order valence-electron chi connectivity index (χ4n) is 11.2. The Hall–Kier alpha value is -0.450. The Morgan fingerprint density at radius 3 is 2.26 bits per heavy atom. The van der Waals surface area contributed by atoms with Crippen molar-refractivity contribution >= 4 is 10.4 Å². The Morgan fingerprint density at radius 2 is 1.63 bits per heavy atom. The van der Waals surface area contributed by atoms with Crippen LogP contribution in [0.3, 0.4) is 0 Å². The Labute approximate surface area is 274 Å². The second kappa shape index (κ2) is 13.4. The Kier molecular flexibility index (Phi) is 10.7. The number of hydrogen-bond acceptors (Lipinski definition) is 11. The van der Waals surface area contributed by atoms with E-state index < -0.39 is 65.5 Å². The molecule has 16 atom stereocenters. The molecule has 0 spiro atoms. The van der Waals surface area contributed by atoms with E-state index in [-0.39, 0.29) is 58.9 Å². The summed E-state index contributed by atoms with van der Waals surface area (Å²) in [7, 11) is -3.33. The summed E-state index contributed by atoms with van der Waals surface area (Å²) in [6, 6.07) is 0. The van der Waals surface area contributed by atoms with Crippen LogP contribution < -0.4 is 0 Å². The molecule has 1 unspecified atom stereocenters. The van der Waals surface area contributed by atoms with Crippen molar-refractivity contribution in [3.05, 3.63) is 0 Å². The van der Waals surface area contributed by atoms with Crippen molar-refractivity contribution in [1.29, 1.82) is 0 Å². The quantitative estimate of drug-likeness (QED) is 0.175. The van der Waals surface area contributed by atoms with E-state index in [1.165, 1.54) is 7.11 Å². The van der Waals surface area contributed by atoms with Crippen LogP contribution in [0.1, 0.15) is 92.4 Å². The van der Waals surface area contributed by atoms with E-state index in [0.717, 1.165) is 25.7 Å². The fraction of sp³-hybridized carbons (Fsp3) is 1.00. The molecule has 0 bridgehead atoms. The molecule has 0 amide bonds. The maximum atomic E-state index is 12.6. The fourth-order valence-corrected chi connectivity index (χ4v) is 11.5. The lowest BCUT2D eigenvalue weighted by atomic mass is 9.42.